The molecule has 0 fully saturated rings. The van der Waals surface area contributed by atoms with Crippen molar-refractivity contribution in [3.63, 3.8) is 0 Å². The van der Waals surface area contributed by atoms with Crippen LogP contribution < -0.4 is 4.72 Å². The van der Waals surface area contributed by atoms with Gasteiger partial charge < -0.3 is 9.84 Å². The summed E-state index contributed by atoms with van der Waals surface area (Å²) in [6, 6.07) is 0. The van der Waals surface area contributed by atoms with Crippen LogP contribution in [0.2, 0.25) is 0 Å². The van der Waals surface area contributed by atoms with Crippen LogP contribution in [0, 0.1) is 0 Å². The number of aliphatic hydroxyl groups excluding tert-OH is 1. The van der Waals surface area contributed by atoms with Crippen LogP contribution in [0.1, 0.15) is 6.42 Å². The molecule has 0 heterocycles. The van der Waals surface area contributed by atoms with Gasteiger partial charge in [0.15, 0.2) is 0 Å². The van der Waals surface area contributed by atoms with Gasteiger partial charge in [-0.05, 0) is 6.42 Å². The summed E-state index contributed by atoms with van der Waals surface area (Å²) in [6.07, 6.45) is 1.93. The third kappa shape index (κ3) is 8.18. The van der Waals surface area contributed by atoms with Gasteiger partial charge in [0.05, 0.1) is 19.0 Å². The second-order valence-electron chi connectivity index (χ2n) is 2.65. The Morgan fingerprint density at radius 1 is 1.43 bits per heavy atom. The average Bonchev–Trinajstić information content (AvgIpc) is 2.11. The summed E-state index contributed by atoms with van der Waals surface area (Å²) in [5, 5.41) is 8.37. The van der Waals surface area contributed by atoms with Crippen molar-refractivity contribution in [3.05, 3.63) is 12.7 Å². The molecule has 0 aliphatic heterocycles. The number of rotatable bonds is 9. The molecule has 6 heteroatoms. The Bertz CT molecular complexity index is 238. The van der Waals surface area contributed by atoms with E-state index in [4.69, 9.17) is 9.84 Å². The van der Waals surface area contributed by atoms with Gasteiger partial charge >= 0.3 is 0 Å². The Morgan fingerprint density at radius 2 is 2.14 bits per heavy atom. The number of nitrogens with one attached hydrogen (secondary N) is 1. The molecule has 0 rings (SSSR count). The van der Waals surface area contributed by atoms with Gasteiger partial charge in [0.1, 0.15) is 0 Å². The van der Waals surface area contributed by atoms with Gasteiger partial charge in [0.25, 0.3) is 0 Å². The van der Waals surface area contributed by atoms with Crippen LogP contribution in [0.25, 0.3) is 0 Å². The first kappa shape index (κ1) is 13.6. The van der Waals surface area contributed by atoms with Crippen molar-refractivity contribution in [3.8, 4) is 0 Å². The highest BCUT2D eigenvalue weighted by Gasteiger charge is 2.05. The van der Waals surface area contributed by atoms with Gasteiger partial charge in [-0.3, -0.25) is 0 Å². The smallest absolute Gasteiger partial charge is 0.215 e. The largest absolute Gasteiger partial charge is 0.394 e. The molecule has 0 aliphatic carbocycles. The lowest BCUT2D eigenvalue weighted by Crippen LogP contribution is -2.27. The van der Waals surface area contributed by atoms with Crippen molar-refractivity contribution in [1.82, 2.24) is 4.72 Å². The van der Waals surface area contributed by atoms with E-state index in [1.807, 2.05) is 0 Å². The zero-order valence-corrected chi connectivity index (χ0v) is 8.92. The summed E-state index contributed by atoms with van der Waals surface area (Å²) < 4.78 is 29.5. The molecule has 5 nitrogen and oxygen atoms in total. The average molecular weight is 223 g/mol. The molecule has 2 N–H and O–H groups in total. The zero-order chi connectivity index (χ0) is 10.9. The molecule has 0 aromatic carbocycles. The molecule has 0 bridgehead atoms. The Morgan fingerprint density at radius 3 is 2.71 bits per heavy atom. The molecule has 0 spiro atoms. The molecular weight excluding hydrogens is 206 g/mol. The Hall–Kier alpha value is -0.430. The maximum absolute atomic E-state index is 11.1. The van der Waals surface area contributed by atoms with E-state index in [-0.39, 0.29) is 12.4 Å². The number of sulfonamides is 1. The van der Waals surface area contributed by atoms with Crippen LogP contribution in [-0.4, -0.2) is 45.6 Å². The molecule has 0 saturated carbocycles. The van der Waals surface area contributed by atoms with E-state index >= 15 is 0 Å². The Kier molecular flexibility index (Phi) is 7.68. The second-order valence-corrected chi connectivity index (χ2v) is 4.51. The third-order valence-corrected chi connectivity index (χ3v) is 2.68. The summed E-state index contributed by atoms with van der Waals surface area (Å²) in [6.45, 7) is 4.41. The van der Waals surface area contributed by atoms with Crippen molar-refractivity contribution in [2.75, 3.05) is 32.1 Å². The minimum absolute atomic E-state index is 0.0117. The van der Waals surface area contributed by atoms with E-state index in [9.17, 15) is 8.42 Å². The van der Waals surface area contributed by atoms with Crippen molar-refractivity contribution < 1.29 is 18.3 Å². The summed E-state index contributed by atoms with van der Waals surface area (Å²) in [7, 11) is -3.20. The highest BCUT2D eigenvalue weighted by atomic mass is 32.2. The minimum atomic E-state index is -3.20. The van der Waals surface area contributed by atoms with Gasteiger partial charge in [-0.2, -0.15) is 0 Å². The van der Waals surface area contributed by atoms with E-state index in [2.05, 4.69) is 11.3 Å². The summed E-state index contributed by atoms with van der Waals surface area (Å²) in [5.74, 6) is -0.0650. The van der Waals surface area contributed by atoms with Crippen LogP contribution in [-0.2, 0) is 14.8 Å². The molecule has 0 aromatic rings. The predicted molar refractivity (Wildman–Crippen MR) is 54.5 cm³/mol. The molecule has 14 heavy (non-hydrogen) atoms. The molecule has 0 amide bonds. The number of aliphatic hydroxyl groups is 1. The molecule has 0 aliphatic rings. The van der Waals surface area contributed by atoms with Gasteiger partial charge in [-0.15, -0.1) is 6.58 Å². The summed E-state index contributed by atoms with van der Waals surface area (Å²) >= 11 is 0. The normalized spacial score (nSPS) is 11.5. The van der Waals surface area contributed by atoms with Crippen LogP contribution in [0.5, 0.6) is 0 Å². The van der Waals surface area contributed by atoms with Crippen molar-refractivity contribution >= 4 is 10.0 Å². The molecule has 0 radical (unpaired) electrons. The van der Waals surface area contributed by atoms with Crippen LogP contribution in [0.4, 0.5) is 0 Å². The van der Waals surface area contributed by atoms with Gasteiger partial charge in [0.2, 0.25) is 10.0 Å². The van der Waals surface area contributed by atoms with Gasteiger partial charge in [-0.1, -0.05) is 6.08 Å². The molecule has 84 valence electrons. The zero-order valence-electron chi connectivity index (χ0n) is 8.11. The van der Waals surface area contributed by atoms with E-state index in [0.717, 1.165) is 0 Å². The highest BCUT2D eigenvalue weighted by Crippen LogP contribution is 1.86. The first-order valence-corrected chi connectivity index (χ1v) is 6.04. The number of hydrogen-bond donors (Lipinski definition) is 2. The lowest BCUT2D eigenvalue weighted by Gasteiger charge is -2.04. The van der Waals surface area contributed by atoms with Crippen molar-refractivity contribution in [2.45, 2.75) is 6.42 Å². The quantitative estimate of drug-likeness (QED) is 0.408. The van der Waals surface area contributed by atoms with Crippen molar-refractivity contribution in [2.24, 2.45) is 0 Å². The van der Waals surface area contributed by atoms with E-state index in [1.165, 1.54) is 6.08 Å². The molecule has 0 saturated heterocycles. The molecular formula is C8H17NO4S. The summed E-state index contributed by atoms with van der Waals surface area (Å²) in [4.78, 5) is 0. The number of ether oxygens (including phenoxy) is 1. The fourth-order valence-corrected chi connectivity index (χ4v) is 1.67. The van der Waals surface area contributed by atoms with Crippen LogP contribution in [0.15, 0.2) is 12.7 Å². The van der Waals surface area contributed by atoms with Crippen LogP contribution >= 0.6 is 0 Å². The molecule has 0 unspecified atom stereocenters. The monoisotopic (exact) mass is 223 g/mol. The standard InChI is InChI=1S/C8H17NO4S/c1-2-8-14(11,12)9-4-3-6-13-7-5-10/h2,9-10H,1,3-8H2. The molecule has 0 aromatic heterocycles. The van der Waals surface area contributed by atoms with Crippen molar-refractivity contribution in [1.29, 1.82) is 0 Å². The minimum Gasteiger partial charge on any atom is -0.394 e. The van der Waals surface area contributed by atoms with E-state index in [1.54, 1.807) is 0 Å². The SMILES string of the molecule is C=CCS(=O)(=O)NCCCOCCO. The fourth-order valence-electron chi connectivity index (χ4n) is 0.783. The van der Waals surface area contributed by atoms with Gasteiger partial charge in [0, 0.05) is 13.2 Å². The molecule has 0 atom stereocenters. The first-order valence-electron chi connectivity index (χ1n) is 4.39. The lowest BCUT2D eigenvalue weighted by molar-refractivity contribution is 0.0913. The number of hydrogen-bond acceptors (Lipinski definition) is 4. The summed E-state index contributed by atoms with van der Waals surface area (Å²) in [5.41, 5.74) is 0. The second kappa shape index (κ2) is 7.93. The third-order valence-electron chi connectivity index (χ3n) is 1.36. The first-order chi connectivity index (χ1) is 6.62. The fraction of sp³-hybridized carbons (Fsp3) is 0.750. The van der Waals surface area contributed by atoms with Crippen LogP contribution in [0.3, 0.4) is 0 Å². The topological polar surface area (TPSA) is 75.6 Å². The van der Waals surface area contributed by atoms with E-state index < -0.39 is 10.0 Å². The Balaban J connectivity index is 3.40. The maximum atomic E-state index is 11.1. The predicted octanol–water partition coefficient (Wildman–Crippen LogP) is -0.509. The lowest BCUT2D eigenvalue weighted by atomic mass is 10.5. The van der Waals surface area contributed by atoms with E-state index in [0.29, 0.717) is 26.2 Å². The Labute approximate surface area is 84.8 Å². The maximum Gasteiger partial charge on any atom is 0.215 e. The highest BCUT2D eigenvalue weighted by molar-refractivity contribution is 7.89. The van der Waals surface area contributed by atoms with Gasteiger partial charge in [-0.25, -0.2) is 13.1 Å².